The Labute approximate surface area is 124 Å². The number of nitrogens with one attached hydrogen (secondary N) is 1. The Bertz CT molecular complexity index is 471. The zero-order chi connectivity index (χ0) is 14.8. The molecule has 1 saturated heterocycles. The highest BCUT2D eigenvalue weighted by atomic mass is 19.1. The van der Waals surface area contributed by atoms with Crippen LogP contribution in [0.3, 0.4) is 0 Å². The van der Waals surface area contributed by atoms with Gasteiger partial charge in [-0.05, 0) is 37.1 Å². The summed E-state index contributed by atoms with van der Waals surface area (Å²) in [5.41, 5.74) is 0.804. The lowest BCUT2D eigenvalue weighted by Gasteiger charge is -2.36. The maximum Gasteiger partial charge on any atom is 0.149 e. The quantitative estimate of drug-likeness (QED) is 0.899. The van der Waals surface area contributed by atoms with Gasteiger partial charge in [-0.3, -0.25) is 4.90 Å². The third kappa shape index (κ3) is 3.35. The largest absolute Gasteiger partial charge is 0.364 e. The summed E-state index contributed by atoms with van der Waals surface area (Å²) < 4.78 is 28.5. The number of rotatable bonds is 5. The highest BCUT2D eigenvalue weighted by molar-refractivity contribution is 5.51. The highest BCUT2D eigenvalue weighted by Crippen LogP contribution is 2.30. The van der Waals surface area contributed by atoms with E-state index in [9.17, 15) is 8.78 Å². The van der Waals surface area contributed by atoms with Crippen LogP contribution in [0.4, 0.5) is 14.5 Å². The molecule has 0 bridgehead atoms. The van der Waals surface area contributed by atoms with Crippen LogP contribution in [0, 0.1) is 11.6 Å². The molecule has 2 aliphatic rings. The van der Waals surface area contributed by atoms with Crippen molar-refractivity contribution < 1.29 is 8.78 Å². The molecule has 2 fully saturated rings. The van der Waals surface area contributed by atoms with Crippen molar-refractivity contribution in [2.75, 3.05) is 37.6 Å². The molecule has 1 aromatic rings. The molecule has 1 aromatic carbocycles. The second-order valence-corrected chi connectivity index (χ2v) is 5.94. The van der Waals surface area contributed by atoms with Crippen molar-refractivity contribution in [3.8, 4) is 0 Å². The molecular formula is C16H23F2N3. The molecule has 1 aliphatic heterocycles. The molecule has 1 saturated carbocycles. The Morgan fingerprint density at radius 1 is 1.10 bits per heavy atom. The van der Waals surface area contributed by atoms with Crippen molar-refractivity contribution in [3.63, 3.8) is 0 Å². The Balaban J connectivity index is 1.69. The van der Waals surface area contributed by atoms with Crippen molar-refractivity contribution in [2.24, 2.45) is 0 Å². The predicted octanol–water partition coefficient (Wildman–Crippen LogP) is 2.36. The van der Waals surface area contributed by atoms with Crippen LogP contribution in [0.5, 0.6) is 0 Å². The molecule has 5 heteroatoms. The summed E-state index contributed by atoms with van der Waals surface area (Å²) in [4.78, 5) is 4.28. The van der Waals surface area contributed by atoms with Crippen LogP contribution in [0.2, 0.25) is 0 Å². The normalized spacial score (nSPS) is 20.0. The second-order valence-electron chi connectivity index (χ2n) is 5.94. The van der Waals surface area contributed by atoms with Crippen LogP contribution in [0.15, 0.2) is 12.1 Å². The van der Waals surface area contributed by atoms with Crippen LogP contribution in [-0.2, 0) is 6.54 Å². The molecule has 0 spiro atoms. The maximum atomic E-state index is 14.3. The van der Waals surface area contributed by atoms with Crippen molar-refractivity contribution in [1.29, 1.82) is 0 Å². The zero-order valence-electron chi connectivity index (χ0n) is 12.5. The molecule has 3 nitrogen and oxygen atoms in total. The number of piperazine rings is 1. The van der Waals surface area contributed by atoms with Crippen LogP contribution in [-0.4, -0.2) is 43.7 Å². The summed E-state index contributed by atoms with van der Waals surface area (Å²) in [7, 11) is 0. The molecule has 21 heavy (non-hydrogen) atoms. The lowest BCUT2D eigenvalue weighted by atomic mass is 10.1. The van der Waals surface area contributed by atoms with Gasteiger partial charge in [-0.1, -0.05) is 6.92 Å². The van der Waals surface area contributed by atoms with E-state index in [1.807, 2.05) is 11.8 Å². The number of hydrogen-bond acceptors (Lipinski definition) is 3. The van der Waals surface area contributed by atoms with E-state index >= 15 is 0 Å². The minimum atomic E-state index is -0.442. The third-order valence-electron chi connectivity index (χ3n) is 4.35. The first-order valence-electron chi connectivity index (χ1n) is 7.86. The van der Waals surface area contributed by atoms with Crippen LogP contribution in [0.1, 0.15) is 25.3 Å². The minimum absolute atomic E-state index is 0.144. The fourth-order valence-electron chi connectivity index (χ4n) is 3.04. The molecule has 0 unspecified atom stereocenters. The smallest absolute Gasteiger partial charge is 0.149 e. The van der Waals surface area contributed by atoms with Gasteiger partial charge in [-0.2, -0.15) is 0 Å². The molecule has 1 aliphatic carbocycles. The van der Waals surface area contributed by atoms with E-state index in [4.69, 9.17) is 0 Å². The molecule has 0 atom stereocenters. The van der Waals surface area contributed by atoms with Crippen molar-refractivity contribution >= 4 is 5.69 Å². The van der Waals surface area contributed by atoms with E-state index in [-0.39, 0.29) is 5.69 Å². The summed E-state index contributed by atoms with van der Waals surface area (Å²) in [6.07, 6.45) is 2.56. The molecule has 3 rings (SSSR count). The van der Waals surface area contributed by atoms with Gasteiger partial charge in [0.05, 0.1) is 0 Å². The molecule has 0 radical (unpaired) electrons. The molecule has 1 N–H and O–H groups in total. The monoisotopic (exact) mass is 295 g/mol. The Morgan fingerprint density at radius 2 is 1.71 bits per heavy atom. The zero-order valence-corrected chi connectivity index (χ0v) is 12.5. The van der Waals surface area contributed by atoms with Gasteiger partial charge in [0.15, 0.2) is 0 Å². The standard InChI is InChI=1S/C16H23F2N3/c1-2-19-11-12-9-14(17)16(15(18)10-12)21-7-5-20(6-8-21)13-3-4-13/h9-10,13,19H,2-8,11H2,1H3. The number of halogens is 2. The van der Waals surface area contributed by atoms with Crippen molar-refractivity contribution in [2.45, 2.75) is 32.4 Å². The predicted molar refractivity (Wildman–Crippen MR) is 80.5 cm³/mol. The van der Waals surface area contributed by atoms with Crippen LogP contribution >= 0.6 is 0 Å². The Kier molecular flexibility index (Phi) is 4.40. The van der Waals surface area contributed by atoms with Crippen molar-refractivity contribution in [3.05, 3.63) is 29.3 Å². The molecule has 1 heterocycles. The summed E-state index contributed by atoms with van der Waals surface area (Å²) in [5, 5.41) is 3.09. The first-order valence-corrected chi connectivity index (χ1v) is 7.86. The number of anilines is 1. The molecular weight excluding hydrogens is 272 g/mol. The van der Waals surface area contributed by atoms with E-state index in [1.165, 1.54) is 25.0 Å². The SMILES string of the molecule is CCNCc1cc(F)c(N2CCN(C3CC3)CC2)c(F)c1. The number of nitrogens with zero attached hydrogens (tertiary/aromatic N) is 2. The van der Waals surface area contributed by atoms with E-state index in [2.05, 4.69) is 10.2 Å². The average molecular weight is 295 g/mol. The summed E-state index contributed by atoms with van der Waals surface area (Å²) in [5.74, 6) is -0.884. The summed E-state index contributed by atoms with van der Waals surface area (Å²) >= 11 is 0. The van der Waals surface area contributed by atoms with E-state index in [0.717, 1.165) is 25.7 Å². The van der Waals surface area contributed by atoms with Gasteiger partial charge >= 0.3 is 0 Å². The van der Waals surface area contributed by atoms with E-state index in [1.54, 1.807) is 0 Å². The summed E-state index contributed by atoms with van der Waals surface area (Å²) in [6.45, 7) is 6.48. The van der Waals surface area contributed by atoms with Gasteiger partial charge in [0.2, 0.25) is 0 Å². The first kappa shape index (κ1) is 14.7. The lowest BCUT2D eigenvalue weighted by Crippen LogP contribution is -2.47. The van der Waals surface area contributed by atoms with Crippen LogP contribution in [0.25, 0.3) is 0 Å². The van der Waals surface area contributed by atoms with Gasteiger partial charge < -0.3 is 10.2 Å². The highest BCUT2D eigenvalue weighted by Gasteiger charge is 2.32. The first-order chi connectivity index (χ1) is 10.2. The van der Waals surface area contributed by atoms with E-state index in [0.29, 0.717) is 25.2 Å². The average Bonchev–Trinajstić information content (AvgIpc) is 3.30. The lowest BCUT2D eigenvalue weighted by molar-refractivity contribution is 0.247. The van der Waals surface area contributed by atoms with Gasteiger partial charge in [0.25, 0.3) is 0 Å². The fourth-order valence-corrected chi connectivity index (χ4v) is 3.04. The Morgan fingerprint density at radius 3 is 2.24 bits per heavy atom. The van der Waals surface area contributed by atoms with Crippen LogP contribution < -0.4 is 10.2 Å². The van der Waals surface area contributed by atoms with E-state index < -0.39 is 11.6 Å². The van der Waals surface area contributed by atoms with Gasteiger partial charge in [-0.15, -0.1) is 0 Å². The number of benzene rings is 1. The second kappa shape index (κ2) is 6.28. The molecule has 0 aromatic heterocycles. The van der Waals surface area contributed by atoms with Crippen molar-refractivity contribution in [1.82, 2.24) is 10.2 Å². The van der Waals surface area contributed by atoms with Gasteiger partial charge in [0.1, 0.15) is 17.3 Å². The molecule has 116 valence electrons. The topological polar surface area (TPSA) is 18.5 Å². The van der Waals surface area contributed by atoms with Gasteiger partial charge in [-0.25, -0.2) is 8.78 Å². The summed E-state index contributed by atoms with van der Waals surface area (Å²) in [6, 6.07) is 3.63. The third-order valence-corrected chi connectivity index (χ3v) is 4.35. The fraction of sp³-hybridized carbons (Fsp3) is 0.625. The number of hydrogen-bond donors (Lipinski definition) is 1. The minimum Gasteiger partial charge on any atom is -0.364 e. The molecule has 0 amide bonds. The maximum absolute atomic E-state index is 14.3. The van der Waals surface area contributed by atoms with Gasteiger partial charge in [0, 0.05) is 38.8 Å². The Hall–Kier alpha value is -1.20.